The average Bonchev–Trinajstić information content (AvgIpc) is 2.17. The number of nitrogens with zero attached hydrogens (tertiary/aromatic N) is 3. The molecule has 0 amide bonds. The third-order valence-corrected chi connectivity index (χ3v) is 1.94. The van der Waals surface area contributed by atoms with Gasteiger partial charge in [0.1, 0.15) is 5.84 Å². The molecule has 1 aromatic heterocycles. The van der Waals surface area contributed by atoms with Crippen molar-refractivity contribution in [2.24, 2.45) is 10.8 Å². The Bertz CT molecular complexity index is 403. The highest BCUT2D eigenvalue weighted by molar-refractivity contribution is 5.99. The van der Waals surface area contributed by atoms with Gasteiger partial charge in [0, 0.05) is 5.56 Å². The first-order valence-corrected chi connectivity index (χ1v) is 5.21. The second-order valence-electron chi connectivity index (χ2n) is 4.76. The Kier molecular flexibility index (Phi) is 3.59. The highest BCUT2D eigenvalue weighted by Crippen LogP contribution is 2.11. The Morgan fingerprint density at radius 3 is 2.44 bits per heavy atom. The van der Waals surface area contributed by atoms with E-state index in [1.165, 1.54) is 0 Å². The Labute approximate surface area is 96.1 Å². The molecule has 0 saturated heterocycles. The first-order chi connectivity index (χ1) is 7.33. The molecule has 0 bridgehead atoms. The zero-order chi connectivity index (χ0) is 12.3. The van der Waals surface area contributed by atoms with Gasteiger partial charge in [-0.15, -0.1) is 0 Å². The molecule has 88 valence electrons. The predicted molar refractivity (Wildman–Crippen MR) is 65.1 cm³/mol. The van der Waals surface area contributed by atoms with Crippen molar-refractivity contribution in [1.82, 2.24) is 15.6 Å². The van der Waals surface area contributed by atoms with Gasteiger partial charge in [0.15, 0.2) is 0 Å². The van der Waals surface area contributed by atoms with E-state index < -0.39 is 0 Å². The van der Waals surface area contributed by atoms with Crippen LogP contribution in [-0.2, 0) is 0 Å². The fourth-order valence-corrected chi connectivity index (χ4v) is 1.30. The van der Waals surface area contributed by atoms with E-state index in [-0.39, 0.29) is 5.54 Å². The summed E-state index contributed by atoms with van der Waals surface area (Å²) in [4.78, 5) is 4.51. The number of hydrogen-bond acceptors (Lipinski definition) is 4. The van der Waals surface area contributed by atoms with Crippen molar-refractivity contribution in [3.8, 4) is 0 Å². The maximum absolute atomic E-state index is 5.50. The van der Waals surface area contributed by atoms with E-state index in [4.69, 9.17) is 5.84 Å². The highest BCUT2D eigenvalue weighted by atomic mass is 15.3. The zero-order valence-corrected chi connectivity index (χ0v) is 10.5. The van der Waals surface area contributed by atoms with Crippen LogP contribution in [0.2, 0.25) is 0 Å². The predicted octanol–water partition coefficient (Wildman–Crippen LogP) is 1.10. The molecule has 0 unspecified atom stereocenters. The van der Waals surface area contributed by atoms with Gasteiger partial charge in [-0.1, -0.05) is 0 Å². The Morgan fingerprint density at radius 2 is 1.94 bits per heavy atom. The van der Waals surface area contributed by atoms with E-state index in [1.807, 2.05) is 40.7 Å². The number of aryl methyl sites for hydroxylation is 2. The molecule has 0 spiro atoms. The van der Waals surface area contributed by atoms with Crippen molar-refractivity contribution in [2.75, 3.05) is 0 Å². The Hall–Kier alpha value is -1.49. The van der Waals surface area contributed by atoms with Crippen LogP contribution < -0.4 is 11.3 Å². The van der Waals surface area contributed by atoms with Crippen molar-refractivity contribution in [2.45, 2.75) is 40.2 Å². The maximum atomic E-state index is 5.50. The molecule has 3 N–H and O–H groups in total. The van der Waals surface area contributed by atoms with Gasteiger partial charge >= 0.3 is 0 Å². The standard InChI is InChI=1S/C11H19N5/c1-7-6-9(8(2)16-15-7)10(14-12)13-11(3,4)5/h6H,12H2,1-5H3,(H,13,14). The van der Waals surface area contributed by atoms with Crippen molar-refractivity contribution in [1.29, 1.82) is 0 Å². The maximum Gasteiger partial charge on any atom is 0.145 e. The van der Waals surface area contributed by atoms with E-state index in [2.05, 4.69) is 20.6 Å². The van der Waals surface area contributed by atoms with Crippen molar-refractivity contribution in [3.63, 3.8) is 0 Å². The Balaban J connectivity index is 3.24. The summed E-state index contributed by atoms with van der Waals surface area (Å²) in [6.45, 7) is 9.82. The lowest BCUT2D eigenvalue weighted by molar-refractivity contribution is 0.580. The fraction of sp³-hybridized carbons (Fsp3) is 0.545. The minimum Gasteiger partial charge on any atom is -0.308 e. The summed E-state index contributed by atoms with van der Waals surface area (Å²) in [5.41, 5.74) is 4.99. The van der Waals surface area contributed by atoms with Gasteiger partial charge in [0.05, 0.1) is 16.9 Å². The number of rotatable bonds is 1. The summed E-state index contributed by atoms with van der Waals surface area (Å²) in [7, 11) is 0. The van der Waals surface area contributed by atoms with Gasteiger partial charge < -0.3 is 5.43 Å². The van der Waals surface area contributed by atoms with Crippen LogP contribution in [0.4, 0.5) is 0 Å². The molecule has 0 fully saturated rings. The number of hydrazine groups is 1. The molecule has 5 heteroatoms. The molecule has 1 rings (SSSR count). The van der Waals surface area contributed by atoms with E-state index in [9.17, 15) is 0 Å². The van der Waals surface area contributed by atoms with Crippen LogP contribution in [0.25, 0.3) is 0 Å². The van der Waals surface area contributed by atoms with Gasteiger partial charge in [-0.3, -0.25) is 4.99 Å². The number of aromatic nitrogens is 2. The van der Waals surface area contributed by atoms with Crippen LogP contribution in [-0.4, -0.2) is 21.6 Å². The minimum absolute atomic E-state index is 0.189. The van der Waals surface area contributed by atoms with Crippen LogP contribution in [0.5, 0.6) is 0 Å². The lowest BCUT2D eigenvalue weighted by atomic mass is 10.1. The molecule has 5 nitrogen and oxygen atoms in total. The summed E-state index contributed by atoms with van der Waals surface area (Å²) < 4.78 is 0. The summed E-state index contributed by atoms with van der Waals surface area (Å²) >= 11 is 0. The topological polar surface area (TPSA) is 76.2 Å². The van der Waals surface area contributed by atoms with E-state index in [0.29, 0.717) is 5.84 Å². The molecule has 0 aliphatic rings. The van der Waals surface area contributed by atoms with Crippen molar-refractivity contribution < 1.29 is 0 Å². The number of hydrogen-bond donors (Lipinski definition) is 2. The quantitative estimate of drug-likeness (QED) is 0.322. The third kappa shape index (κ3) is 3.27. The molecule has 0 aliphatic heterocycles. The molecule has 0 aromatic carbocycles. The first-order valence-electron chi connectivity index (χ1n) is 5.21. The minimum atomic E-state index is -0.189. The molecule has 0 atom stereocenters. The normalized spacial score (nSPS) is 12.8. The number of nitrogens with one attached hydrogen (secondary N) is 1. The highest BCUT2D eigenvalue weighted by Gasteiger charge is 2.13. The van der Waals surface area contributed by atoms with Crippen molar-refractivity contribution >= 4 is 5.84 Å². The largest absolute Gasteiger partial charge is 0.308 e. The molecule has 0 radical (unpaired) electrons. The van der Waals surface area contributed by atoms with Gasteiger partial charge in [-0.05, 0) is 40.7 Å². The van der Waals surface area contributed by atoms with E-state index in [0.717, 1.165) is 17.0 Å². The summed E-state index contributed by atoms with van der Waals surface area (Å²) in [5.74, 6) is 6.14. The monoisotopic (exact) mass is 221 g/mol. The third-order valence-electron chi connectivity index (χ3n) is 1.94. The van der Waals surface area contributed by atoms with Crippen LogP contribution >= 0.6 is 0 Å². The molecule has 0 aliphatic carbocycles. The lowest BCUT2D eigenvalue weighted by Crippen LogP contribution is -2.34. The molecular weight excluding hydrogens is 202 g/mol. The number of aliphatic imine (C=N–C) groups is 1. The van der Waals surface area contributed by atoms with Crippen LogP contribution in [0.3, 0.4) is 0 Å². The summed E-state index contributed by atoms with van der Waals surface area (Å²) in [6, 6.07) is 1.92. The van der Waals surface area contributed by atoms with Gasteiger partial charge in [-0.2, -0.15) is 10.2 Å². The average molecular weight is 221 g/mol. The Morgan fingerprint density at radius 1 is 1.31 bits per heavy atom. The van der Waals surface area contributed by atoms with Crippen LogP contribution in [0, 0.1) is 13.8 Å². The zero-order valence-electron chi connectivity index (χ0n) is 10.5. The smallest absolute Gasteiger partial charge is 0.145 e. The SMILES string of the molecule is Cc1cc(C(=NC(C)(C)C)NN)c(C)nn1. The van der Waals surface area contributed by atoms with Crippen molar-refractivity contribution in [3.05, 3.63) is 23.0 Å². The summed E-state index contributed by atoms with van der Waals surface area (Å²) in [5, 5.41) is 8.03. The number of nitrogens with two attached hydrogens (primary N) is 1. The number of amidine groups is 1. The van der Waals surface area contributed by atoms with E-state index >= 15 is 0 Å². The van der Waals surface area contributed by atoms with Gasteiger partial charge in [0.25, 0.3) is 0 Å². The van der Waals surface area contributed by atoms with Gasteiger partial charge in [-0.25, -0.2) is 5.84 Å². The fourth-order valence-electron chi connectivity index (χ4n) is 1.30. The second kappa shape index (κ2) is 4.57. The molecule has 1 heterocycles. The molecule has 16 heavy (non-hydrogen) atoms. The van der Waals surface area contributed by atoms with E-state index in [1.54, 1.807) is 0 Å². The lowest BCUT2D eigenvalue weighted by Gasteiger charge is -2.16. The molecule has 1 aromatic rings. The van der Waals surface area contributed by atoms with Crippen LogP contribution in [0.15, 0.2) is 11.1 Å². The van der Waals surface area contributed by atoms with Crippen LogP contribution in [0.1, 0.15) is 37.7 Å². The molecular formula is C11H19N5. The van der Waals surface area contributed by atoms with Gasteiger partial charge in [0.2, 0.25) is 0 Å². The summed E-state index contributed by atoms with van der Waals surface area (Å²) in [6.07, 6.45) is 0. The second-order valence-corrected chi connectivity index (χ2v) is 4.76. The first kappa shape index (κ1) is 12.6. The molecule has 0 saturated carbocycles.